The standard InChI is InChI=1S/C31H28N2O5S/c1-4-37-24-14-10-9-13-22(24)19-25-29(34)33-28(21-15-17-23(36-3)18-16-21)26(30(35)38-5-2)27(32-31(33)39-25)20-11-7-6-8-12-20/h6-19,28H,4-5H2,1-3H3/b25-19-/t28-/m0/s1. The predicted molar refractivity (Wildman–Crippen MR) is 152 cm³/mol. The zero-order chi connectivity index (χ0) is 27.4. The fourth-order valence-electron chi connectivity index (χ4n) is 4.57. The van der Waals surface area contributed by atoms with Crippen molar-refractivity contribution in [2.24, 2.45) is 4.99 Å². The molecule has 39 heavy (non-hydrogen) atoms. The Labute approximate surface area is 229 Å². The van der Waals surface area contributed by atoms with Gasteiger partial charge in [-0.3, -0.25) is 9.36 Å². The summed E-state index contributed by atoms with van der Waals surface area (Å²) in [5.74, 6) is 0.843. The number of nitrogens with zero attached hydrogens (tertiary/aromatic N) is 2. The van der Waals surface area contributed by atoms with Gasteiger partial charge in [-0.25, -0.2) is 9.79 Å². The summed E-state index contributed by atoms with van der Waals surface area (Å²) in [5, 5.41) is 0. The minimum atomic E-state index is -0.745. The van der Waals surface area contributed by atoms with Gasteiger partial charge in [-0.15, -0.1) is 0 Å². The summed E-state index contributed by atoms with van der Waals surface area (Å²) >= 11 is 1.28. The highest BCUT2D eigenvalue weighted by atomic mass is 32.1. The van der Waals surface area contributed by atoms with Crippen LogP contribution in [0.1, 0.15) is 36.6 Å². The molecule has 8 heteroatoms. The molecule has 0 saturated heterocycles. The van der Waals surface area contributed by atoms with E-state index in [0.29, 0.717) is 38.7 Å². The largest absolute Gasteiger partial charge is 0.497 e. The van der Waals surface area contributed by atoms with E-state index in [1.165, 1.54) is 11.3 Å². The van der Waals surface area contributed by atoms with E-state index in [1.54, 1.807) is 18.6 Å². The van der Waals surface area contributed by atoms with E-state index in [0.717, 1.165) is 16.7 Å². The maximum absolute atomic E-state index is 14.0. The van der Waals surface area contributed by atoms with E-state index in [4.69, 9.17) is 19.2 Å². The van der Waals surface area contributed by atoms with Gasteiger partial charge in [0.15, 0.2) is 4.80 Å². The number of benzene rings is 3. The highest BCUT2D eigenvalue weighted by Gasteiger charge is 2.35. The van der Waals surface area contributed by atoms with Crippen LogP contribution in [-0.2, 0) is 9.53 Å². The van der Waals surface area contributed by atoms with Gasteiger partial charge in [0.25, 0.3) is 5.56 Å². The molecule has 4 aromatic rings. The number of aromatic nitrogens is 1. The number of carbonyl (C=O) groups excluding carboxylic acids is 1. The number of para-hydroxylation sites is 1. The molecule has 0 spiro atoms. The summed E-state index contributed by atoms with van der Waals surface area (Å²) in [7, 11) is 1.59. The van der Waals surface area contributed by atoms with Crippen molar-refractivity contribution in [1.82, 2.24) is 4.57 Å². The summed E-state index contributed by atoms with van der Waals surface area (Å²) in [6.45, 7) is 4.38. The lowest BCUT2D eigenvalue weighted by atomic mass is 9.93. The van der Waals surface area contributed by atoms with Gasteiger partial charge >= 0.3 is 5.97 Å². The number of methoxy groups -OCH3 is 1. The molecule has 7 nitrogen and oxygen atoms in total. The second kappa shape index (κ2) is 11.5. The topological polar surface area (TPSA) is 79.1 Å². The van der Waals surface area contributed by atoms with Gasteiger partial charge in [-0.2, -0.15) is 0 Å². The maximum atomic E-state index is 14.0. The van der Waals surface area contributed by atoms with Crippen molar-refractivity contribution >= 4 is 29.1 Å². The molecule has 0 bridgehead atoms. The van der Waals surface area contributed by atoms with E-state index in [9.17, 15) is 9.59 Å². The van der Waals surface area contributed by atoms with Crippen molar-refractivity contribution in [2.75, 3.05) is 20.3 Å². The molecule has 3 aromatic carbocycles. The van der Waals surface area contributed by atoms with Crippen LogP contribution in [-0.4, -0.2) is 30.9 Å². The SMILES string of the molecule is CCOC(=O)C1=C(c2ccccc2)N=c2s/c(=C\c3ccccc3OCC)c(=O)n2[C@H]1c1ccc(OC)cc1. The number of hydrogen-bond acceptors (Lipinski definition) is 7. The molecule has 5 rings (SSSR count). The third-order valence-electron chi connectivity index (χ3n) is 6.31. The first-order valence-electron chi connectivity index (χ1n) is 12.7. The Hall–Kier alpha value is -4.43. The highest BCUT2D eigenvalue weighted by molar-refractivity contribution is 7.07. The van der Waals surface area contributed by atoms with Crippen molar-refractivity contribution < 1.29 is 19.0 Å². The van der Waals surface area contributed by atoms with Gasteiger partial charge in [0.05, 0.1) is 42.2 Å². The van der Waals surface area contributed by atoms with Crippen LogP contribution < -0.4 is 24.4 Å². The minimum Gasteiger partial charge on any atom is -0.497 e. The number of esters is 1. The van der Waals surface area contributed by atoms with Crippen molar-refractivity contribution in [1.29, 1.82) is 0 Å². The lowest BCUT2D eigenvalue weighted by Crippen LogP contribution is -2.40. The van der Waals surface area contributed by atoms with Crippen LogP contribution in [0, 0.1) is 0 Å². The molecule has 0 unspecified atom stereocenters. The average Bonchev–Trinajstić information content (AvgIpc) is 3.28. The zero-order valence-corrected chi connectivity index (χ0v) is 22.7. The summed E-state index contributed by atoms with van der Waals surface area (Å²) in [6.07, 6.45) is 1.82. The molecule has 2 heterocycles. The predicted octanol–water partition coefficient (Wildman–Crippen LogP) is 4.34. The summed E-state index contributed by atoms with van der Waals surface area (Å²) in [5.41, 5.74) is 2.83. The zero-order valence-electron chi connectivity index (χ0n) is 21.9. The van der Waals surface area contributed by atoms with E-state index in [-0.39, 0.29) is 12.2 Å². The van der Waals surface area contributed by atoms with E-state index < -0.39 is 12.0 Å². The second-order valence-electron chi connectivity index (χ2n) is 8.68. The van der Waals surface area contributed by atoms with Gasteiger partial charge in [-0.1, -0.05) is 72.0 Å². The third-order valence-corrected chi connectivity index (χ3v) is 7.29. The first kappa shape index (κ1) is 26.2. The van der Waals surface area contributed by atoms with Gasteiger partial charge < -0.3 is 14.2 Å². The number of carbonyl (C=O) groups is 1. The van der Waals surface area contributed by atoms with Crippen molar-refractivity contribution in [2.45, 2.75) is 19.9 Å². The van der Waals surface area contributed by atoms with Gasteiger partial charge in [0.1, 0.15) is 11.5 Å². The Balaban J connectivity index is 1.81. The minimum absolute atomic E-state index is 0.193. The summed E-state index contributed by atoms with van der Waals surface area (Å²) < 4.78 is 18.7. The molecule has 1 aliphatic rings. The Kier molecular flexibility index (Phi) is 7.74. The Morgan fingerprint density at radius 2 is 1.69 bits per heavy atom. The molecule has 0 saturated carbocycles. The van der Waals surface area contributed by atoms with Crippen molar-refractivity contribution in [3.8, 4) is 11.5 Å². The molecule has 1 aliphatic heterocycles. The fraction of sp³-hybridized carbons (Fsp3) is 0.194. The highest BCUT2D eigenvalue weighted by Crippen LogP contribution is 2.35. The van der Waals surface area contributed by atoms with Gasteiger partial charge in [0.2, 0.25) is 0 Å². The molecular formula is C31H28N2O5S. The quantitative estimate of drug-likeness (QED) is 0.311. The first-order chi connectivity index (χ1) is 19.0. The van der Waals surface area contributed by atoms with E-state index in [2.05, 4.69) is 0 Å². The lowest BCUT2D eigenvalue weighted by molar-refractivity contribution is -0.138. The monoisotopic (exact) mass is 540 g/mol. The van der Waals surface area contributed by atoms with E-state index >= 15 is 0 Å². The van der Waals surface area contributed by atoms with Crippen LogP contribution in [0.2, 0.25) is 0 Å². The van der Waals surface area contributed by atoms with E-state index in [1.807, 2.05) is 91.9 Å². The molecule has 1 aromatic heterocycles. The smallest absolute Gasteiger partial charge is 0.338 e. The molecule has 1 atom stereocenters. The Bertz CT molecular complexity index is 1700. The Morgan fingerprint density at radius 1 is 0.974 bits per heavy atom. The summed E-state index contributed by atoms with van der Waals surface area (Å²) in [4.78, 5) is 32.9. The Morgan fingerprint density at radius 3 is 2.38 bits per heavy atom. The van der Waals surface area contributed by atoms with Crippen LogP contribution in [0.3, 0.4) is 0 Å². The van der Waals surface area contributed by atoms with Crippen LogP contribution >= 0.6 is 11.3 Å². The molecule has 0 amide bonds. The van der Waals surface area contributed by atoms with Crippen molar-refractivity contribution in [3.05, 3.63) is 121 Å². The number of ether oxygens (including phenoxy) is 3. The maximum Gasteiger partial charge on any atom is 0.338 e. The van der Waals surface area contributed by atoms with Crippen LogP contribution in [0.25, 0.3) is 11.8 Å². The number of rotatable bonds is 8. The van der Waals surface area contributed by atoms with Gasteiger partial charge in [-0.05, 0) is 43.7 Å². The number of fused-ring (bicyclic) bond motifs is 1. The average molecular weight is 541 g/mol. The molecule has 198 valence electrons. The number of thiazole rings is 1. The molecule has 0 radical (unpaired) electrons. The van der Waals surface area contributed by atoms with Crippen LogP contribution in [0.4, 0.5) is 0 Å². The van der Waals surface area contributed by atoms with Gasteiger partial charge in [0, 0.05) is 11.1 Å². The van der Waals surface area contributed by atoms with Crippen molar-refractivity contribution in [3.63, 3.8) is 0 Å². The molecule has 0 aliphatic carbocycles. The first-order valence-corrected chi connectivity index (χ1v) is 13.5. The molecule has 0 fully saturated rings. The second-order valence-corrected chi connectivity index (χ2v) is 9.68. The summed E-state index contributed by atoms with van der Waals surface area (Å²) in [6, 6.07) is 23.7. The van der Waals surface area contributed by atoms with Crippen LogP contribution in [0.15, 0.2) is 94.2 Å². The fourth-order valence-corrected chi connectivity index (χ4v) is 5.56. The number of hydrogen-bond donors (Lipinski definition) is 0. The molecular weight excluding hydrogens is 512 g/mol. The lowest BCUT2D eigenvalue weighted by Gasteiger charge is -2.26. The molecule has 0 N–H and O–H groups in total. The third kappa shape index (κ3) is 5.15. The normalized spacial score (nSPS) is 14.9. The van der Waals surface area contributed by atoms with Crippen LogP contribution in [0.5, 0.6) is 11.5 Å².